The van der Waals surface area contributed by atoms with E-state index in [2.05, 4.69) is 38.2 Å². The van der Waals surface area contributed by atoms with E-state index in [1.807, 2.05) is 33.3 Å². The molecule has 0 aromatic rings. The molecule has 0 saturated carbocycles. The molecular weight excluding hydrogens is 832 g/mol. The molecule has 0 bridgehead atoms. The average Bonchev–Trinajstić information content (AvgIpc) is 3.26. The Labute approximate surface area is 403 Å². The molecule has 0 aliphatic carbocycles. The summed E-state index contributed by atoms with van der Waals surface area (Å²) in [4.78, 5) is 37.5. The predicted molar refractivity (Wildman–Crippen MR) is 277 cm³/mol. The molecule has 384 valence electrons. The average molecular weight is 940 g/mol. The summed E-state index contributed by atoms with van der Waals surface area (Å²) in [6, 6.07) is -0.842. The number of esters is 1. The van der Waals surface area contributed by atoms with Gasteiger partial charge in [-0.25, -0.2) is 4.57 Å². The molecule has 3 atom stereocenters. The van der Waals surface area contributed by atoms with Crippen LogP contribution in [0.4, 0.5) is 0 Å². The van der Waals surface area contributed by atoms with Crippen molar-refractivity contribution < 1.29 is 37.3 Å². The SMILES string of the molecule is CCCCCC/C=C\CCCCCCCCCC(=O)OC(/C=C/CCCCCCCCCCCCC)C(COP(=O)(O)OCC[N+](C)(C)C)NC(=O)CCCCCCCCCCCCC. The van der Waals surface area contributed by atoms with Crippen molar-refractivity contribution in [1.82, 2.24) is 5.32 Å². The van der Waals surface area contributed by atoms with Crippen molar-refractivity contribution in [2.24, 2.45) is 0 Å². The van der Waals surface area contributed by atoms with Crippen molar-refractivity contribution in [2.45, 2.75) is 277 Å². The van der Waals surface area contributed by atoms with E-state index in [1.54, 1.807) is 0 Å². The van der Waals surface area contributed by atoms with Crippen LogP contribution in [0.2, 0.25) is 0 Å². The molecule has 0 aromatic heterocycles. The third-order valence-electron chi connectivity index (χ3n) is 12.4. The summed E-state index contributed by atoms with van der Waals surface area (Å²) in [5.74, 6) is -0.502. The molecule has 2 N–H and O–H groups in total. The van der Waals surface area contributed by atoms with Crippen molar-refractivity contribution >= 4 is 19.7 Å². The van der Waals surface area contributed by atoms with Crippen LogP contribution in [-0.2, 0) is 27.9 Å². The first kappa shape index (κ1) is 63.5. The number of likely N-dealkylation sites (N-methyl/N-ethyl adjacent to an activating group) is 1. The fourth-order valence-electron chi connectivity index (χ4n) is 8.05. The first-order valence-corrected chi connectivity index (χ1v) is 29.2. The standard InChI is InChI=1S/C55H107N2O7P/c1-7-10-13-16-19-22-25-27-28-30-33-36-39-42-45-48-55(59)64-53(46-43-40-37-34-32-29-26-23-20-17-14-11-8-2)52(51-63-65(60,61)62-50-49-57(4,5)6)56-54(58)47-44-41-38-35-31-24-21-18-15-12-9-3/h22,25,43,46,52-53H,7-21,23-24,26-42,44-45,47-51H2,1-6H3,(H-,56,58,60,61)/p+1/b25-22-,46-43+. The van der Waals surface area contributed by atoms with Crippen molar-refractivity contribution in [2.75, 3.05) is 40.9 Å². The number of carbonyl (C=O) groups excluding carboxylic acids is 2. The normalized spacial score (nSPS) is 14.0. The fourth-order valence-corrected chi connectivity index (χ4v) is 8.79. The molecule has 3 unspecified atom stereocenters. The van der Waals surface area contributed by atoms with Gasteiger partial charge in [-0.2, -0.15) is 0 Å². The lowest BCUT2D eigenvalue weighted by Gasteiger charge is -2.27. The fraction of sp³-hybridized carbons (Fsp3) is 0.891. The van der Waals surface area contributed by atoms with E-state index >= 15 is 0 Å². The molecule has 10 heteroatoms. The molecule has 0 aliphatic rings. The first-order valence-electron chi connectivity index (χ1n) is 27.7. The monoisotopic (exact) mass is 940 g/mol. The molecule has 0 radical (unpaired) electrons. The Morgan fingerprint density at radius 1 is 0.523 bits per heavy atom. The molecule has 0 aromatic carbocycles. The number of carbonyl (C=O) groups is 2. The van der Waals surface area contributed by atoms with Crippen LogP contribution in [0.3, 0.4) is 0 Å². The van der Waals surface area contributed by atoms with Gasteiger partial charge >= 0.3 is 13.8 Å². The Hall–Kier alpha value is -1.51. The van der Waals surface area contributed by atoms with Gasteiger partial charge in [0.2, 0.25) is 5.91 Å². The number of nitrogens with zero attached hydrogens (tertiary/aromatic N) is 1. The van der Waals surface area contributed by atoms with E-state index in [9.17, 15) is 19.0 Å². The third-order valence-corrected chi connectivity index (χ3v) is 13.4. The van der Waals surface area contributed by atoms with Gasteiger partial charge in [0.1, 0.15) is 19.3 Å². The number of hydrogen-bond donors (Lipinski definition) is 2. The van der Waals surface area contributed by atoms with Gasteiger partial charge in [0.15, 0.2) is 0 Å². The quantitative estimate of drug-likeness (QED) is 0.0205. The lowest BCUT2D eigenvalue weighted by atomic mass is 10.0. The van der Waals surface area contributed by atoms with Gasteiger partial charge in [-0.05, 0) is 57.4 Å². The molecule has 0 saturated heterocycles. The Morgan fingerprint density at radius 2 is 0.892 bits per heavy atom. The van der Waals surface area contributed by atoms with Crippen LogP contribution in [-0.4, -0.2) is 74.3 Å². The second-order valence-corrected chi connectivity index (χ2v) is 21.6. The smallest absolute Gasteiger partial charge is 0.456 e. The van der Waals surface area contributed by atoms with Gasteiger partial charge in [0.05, 0.1) is 33.8 Å². The minimum Gasteiger partial charge on any atom is -0.456 e. The Morgan fingerprint density at radius 3 is 1.32 bits per heavy atom. The molecule has 1 amide bonds. The number of hydrogen-bond acceptors (Lipinski definition) is 6. The van der Waals surface area contributed by atoms with Crippen LogP contribution >= 0.6 is 7.82 Å². The van der Waals surface area contributed by atoms with Crippen molar-refractivity contribution in [1.29, 1.82) is 0 Å². The van der Waals surface area contributed by atoms with Crippen molar-refractivity contribution in [3.63, 3.8) is 0 Å². The highest BCUT2D eigenvalue weighted by atomic mass is 31.2. The summed E-state index contributed by atoms with van der Waals surface area (Å²) in [7, 11) is 1.50. The highest BCUT2D eigenvalue weighted by molar-refractivity contribution is 7.47. The number of rotatable bonds is 50. The molecule has 0 spiro atoms. The first-order chi connectivity index (χ1) is 31.4. The van der Waals surface area contributed by atoms with Crippen LogP contribution in [0.15, 0.2) is 24.3 Å². The van der Waals surface area contributed by atoms with Gasteiger partial charge in [0, 0.05) is 12.8 Å². The molecule has 0 heterocycles. The predicted octanol–water partition coefficient (Wildman–Crippen LogP) is 16.2. The zero-order chi connectivity index (χ0) is 48.0. The minimum atomic E-state index is -4.43. The number of quaternary nitrogens is 1. The lowest BCUT2D eigenvalue weighted by Crippen LogP contribution is -2.47. The highest BCUT2D eigenvalue weighted by Gasteiger charge is 2.30. The summed E-state index contributed by atoms with van der Waals surface area (Å²) >= 11 is 0. The Bertz CT molecular complexity index is 1170. The van der Waals surface area contributed by atoms with Gasteiger partial charge in [0.25, 0.3) is 0 Å². The van der Waals surface area contributed by atoms with Crippen LogP contribution in [0.5, 0.6) is 0 Å². The maximum absolute atomic E-state index is 13.4. The Kier molecular flexibility index (Phi) is 45.2. The highest BCUT2D eigenvalue weighted by Crippen LogP contribution is 2.43. The van der Waals surface area contributed by atoms with Gasteiger partial charge in [-0.3, -0.25) is 18.6 Å². The molecule has 0 rings (SSSR count). The number of phosphoric acid groups is 1. The maximum Gasteiger partial charge on any atom is 0.472 e. The van der Waals surface area contributed by atoms with E-state index in [1.165, 1.54) is 173 Å². The number of ether oxygens (including phenoxy) is 1. The second-order valence-electron chi connectivity index (χ2n) is 20.1. The van der Waals surface area contributed by atoms with E-state index in [4.69, 9.17) is 13.8 Å². The van der Waals surface area contributed by atoms with E-state index in [-0.39, 0.29) is 25.1 Å². The van der Waals surface area contributed by atoms with Crippen LogP contribution < -0.4 is 5.32 Å². The summed E-state index contributed by atoms with van der Waals surface area (Å²) in [6.07, 6.45) is 51.6. The molecule has 0 fully saturated rings. The zero-order valence-corrected chi connectivity index (χ0v) is 44.6. The molecule has 65 heavy (non-hydrogen) atoms. The second kappa shape index (κ2) is 46.2. The summed E-state index contributed by atoms with van der Waals surface area (Å²) in [6.45, 7) is 7.00. The van der Waals surface area contributed by atoms with Crippen LogP contribution in [0, 0.1) is 0 Å². The van der Waals surface area contributed by atoms with Crippen molar-refractivity contribution in [3.8, 4) is 0 Å². The number of nitrogens with one attached hydrogen (secondary N) is 1. The van der Waals surface area contributed by atoms with Gasteiger partial charge in [-0.1, -0.05) is 219 Å². The topological polar surface area (TPSA) is 111 Å². The molecule has 0 aliphatic heterocycles. The number of unbranched alkanes of at least 4 members (excludes halogenated alkanes) is 32. The van der Waals surface area contributed by atoms with Crippen LogP contribution in [0.25, 0.3) is 0 Å². The Balaban J connectivity index is 5.38. The number of phosphoric ester groups is 1. The number of amides is 1. The van der Waals surface area contributed by atoms with Crippen molar-refractivity contribution in [3.05, 3.63) is 24.3 Å². The summed E-state index contributed by atoms with van der Waals surface area (Å²) in [5, 5.41) is 3.04. The summed E-state index contributed by atoms with van der Waals surface area (Å²) in [5.41, 5.74) is 0. The maximum atomic E-state index is 13.4. The van der Waals surface area contributed by atoms with E-state index in [0.29, 0.717) is 23.9 Å². The molecular formula is C55H108N2O7P+. The zero-order valence-electron chi connectivity index (χ0n) is 43.7. The summed E-state index contributed by atoms with van der Waals surface area (Å²) < 4.78 is 30.5. The molecule has 9 nitrogen and oxygen atoms in total. The largest absolute Gasteiger partial charge is 0.472 e. The van der Waals surface area contributed by atoms with E-state index in [0.717, 1.165) is 57.8 Å². The minimum absolute atomic E-state index is 0.0427. The van der Waals surface area contributed by atoms with Gasteiger partial charge in [-0.15, -0.1) is 0 Å². The number of allylic oxidation sites excluding steroid dienone is 3. The van der Waals surface area contributed by atoms with Gasteiger partial charge < -0.3 is 19.4 Å². The van der Waals surface area contributed by atoms with E-state index < -0.39 is 20.0 Å². The third kappa shape index (κ3) is 47.4. The van der Waals surface area contributed by atoms with Crippen LogP contribution in [0.1, 0.15) is 265 Å². The lowest BCUT2D eigenvalue weighted by molar-refractivity contribution is -0.870.